The SMILES string of the molecule is Cc1nn(C2CC(C)CCC2C#N)cc1Cl. The van der Waals surface area contributed by atoms with Crippen LogP contribution in [0.3, 0.4) is 0 Å². The molecule has 1 aliphatic rings. The highest BCUT2D eigenvalue weighted by Gasteiger charge is 2.30. The van der Waals surface area contributed by atoms with Gasteiger partial charge in [0.1, 0.15) is 0 Å². The van der Waals surface area contributed by atoms with Crippen LogP contribution in [0.1, 0.15) is 37.9 Å². The van der Waals surface area contributed by atoms with Crippen molar-refractivity contribution < 1.29 is 0 Å². The minimum absolute atomic E-state index is 0.0755. The Hall–Kier alpha value is -1.01. The molecule has 86 valence electrons. The Morgan fingerprint density at radius 2 is 2.31 bits per heavy atom. The van der Waals surface area contributed by atoms with Crippen LogP contribution in [0.15, 0.2) is 6.20 Å². The molecule has 1 aromatic heterocycles. The van der Waals surface area contributed by atoms with Crippen molar-refractivity contribution in [1.82, 2.24) is 9.78 Å². The monoisotopic (exact) mass is 237 g/mol. The maximum Gasteiger partial charge on any atom is 0.0815 e. The van der Waals surface area contributed by atoms with Crippen LogP contribution in [0.2, 0.25) is 5.02 Å². The van der Waals surface area contributed by atoms with Crippen molar-refractivity contribution in [3.05, 3.63) is 16.9 Å². The summed E-state index contributed by atoms with van der Waals surface area (Å²) in [7, 11) is 0. The lowest BCUT2D eigenvalue weighted by atomic mass is 9.80. The van der Waals surface area contributed by atoms with Gasteiger partial charge >= 0.3 is 0 Å². The molecular formula is C12H16ClN3. The highest BCUT2D eigenvalue weighted by molar-refractivity contribution is 6.31. The molecule has 2 rings (SSSR count). The summed E-state index contributed by atoms with van der Waals surface area (Å²) in [5.74, 6) is 0.740. The first-order chi connectivity index (χ1) is 7.61. The Morgan fingerprint density at radius 1 is 1.56 bits per heavy atom. The minimum Gasteiger partial charge on any atom is -0.267 e. The zero-order valence-electron chi connectivity index (χ0n) is 9.65. The van der Waals surface area contributed by atoms with E-state index in [4.69, 9.17) is 16.9 Å². The lowest BCUT2D eigenvalue weighted by molar-refractivity contribution is 0.218. The van der Waals surface area contributed by atoms with E-state index in [1.54, 1.807) is 0 Å². The van der Waals surface area contributed by atoms with E-state index in [9.17, 15) is 0 Å². The fourth-order valence-corrected chi connectivity index (χ4v) is 2.56. The van der Waals surface area contributed by atoms with E-state index >= 15 is 0 Å². The van der Waals surface area contributed by atoms with Gasteiger partial charge in [-0.3, -0.25) is 4.68 Å². The molecule has 1 heterocycles. The zero-order valence-corrected chi connectivity index (χ0v) is 10.4. The molecule has 1 aromatic rings. The van der Waals surface area contributed by atoms with Crippen molar-refractivity contribution in [2.45, 2.75) is 39.2 Å². The van der Waals surface area contributed by atoms with Crippen molar-refractivity contribution in [3.8, 4) is 6.07 Å². The number of aromatic nitrogens is 2. The molecule has 3 atom stereocenters. The second-order valence-electron chi connectivity index (χ2n) is 4.76. The van der Waals surface area contributed by atoms with Gasteiger partial charge < -0.3 is 0 Å². The minimum atomic E-state index is 0.0755. The van der Waals surface area contributed by atoms with E-state index in [0.29, 0.717) is 10.9 Å². The van der Waals surface area contributed by atoms with E-state index in [1.807, 2.05) is 17.8 Å². The van der Waals surface area contributed by atoms with Crippen LogP contribution >= 0.6 is 11.6 Å². The Balaban J connectivity index is 2.26. The molecule has 1 aliphatic carbocycles. The molecule has 1 saturated carbocycles. The molecule has 1 fully saturated rings. The van der Waals surface area contributed by atoms with Gasteiger partial charge in [-0.15, -0.1) is 0 Å². The summed E-state index contributed by atoms with van der Waals surface area (Å²) in [5, 5.41) is 14.3. The molecule has 0 spiro atoms. The first-order valence-corrected chi connectivity index (χ1v) is 6.10. The summed E-state index contributed by atoms with van der Waals surface area (Å²) in [5.41, 5.74) is 0.844. The summed E-state index contributed by atoms with van der Waals surface area (Å²) < 4.78 is 1.89. The van der Waals surface area contributed by atoms with Crippen LogP contribution < -0.4 is 0 Å². The molecule has 4 heteroatoms. The third kappa shape index (κ3) is 2.08. The molecule has 0 N–H and O–H groups in total. The Morgan fingerprint density at radius 3 is 2.88 bits per heavy atom. The Kier molecular flexibility index (Phi) is 3.20. The second-order valence-corrected chi connectivity index (χ2v) is 5.17. The van der Waals surface area contributed by atoms with E-state index in [1.165, 1.54) is 0 Å². The van der Waals surface area contributed by atoms with Gasteiger partial charge in [-0.25, -0.2) is 0 Å². The third-order valence-electron chi connectivity index (χ3n) is 3.44. The fourth-order valence-electron chi connectivity index (χ4n) is 2.42. The van der Waals surface area contributed by atoms with Crippen LogP contribution in [-0.2, 0) is 0 Å². The molecule has 3 unspecified atom stereocenters. The van der Waals surface area contributed by atoms with Crippen molar-refractivity contribution in [1.29, 1.82) is 5.26 Å². The lowest BCUT2D eigenvalue weighted by Crippen LogP contribution is -2.26. The molecule has 0 aromatic carbocycles. The first kappa shape index (κ1) is 11.5. The largest absolute Gasteiger partial charge is 0.267 e. The number of nitriles is 1. The van der Waals surface area contributed by atoms with Crippen LogP contribution in [0.5, 0.6) is 0 Å². The van der Waals surface area contributed by atoms with Crippen LogP contribution in [0, 0.1) is 30.1 Å². The van der Waals surface area contributed by atoms with Crippen LogP contribution in [0.4, 0.5) is 0 Å². The third-order valence-corrected chi connectivity index (χ3v) is 3.81. The standard InChI is InChI=1S/C12H16ClN3/c1-8-3-4-10(6-14)12(5-8)16-7-11(13)9(2)15-16/h7-8,10,12H,3-5H2,1-2H3. The molecule has 3 nitrogen and oxygen atoms in total. The first-order valence-electron chi connectivity index (χ1n) is 5.72. The number of hydrogen-bond acceptors (Lipinski definition) is 2. The van der Waals surface area contributed by atoms with Crippen LogP contribution in [-0.4, -0.2) is 9.78 Å². The highest BCUT2D eigenvalue weighted by atomic mass is 35.5. The fraction of sp³-hybridized carbons (Fsp3) is 0.667. The molecule has 0 amide bonds. The molecule has 0 saturated heterocycles. The van der Waals surface area contributed by atoms with Gasteiger partial charge in [0.15, 0.2) is 0 Å². The molecule has 0 aliphatic heterocycles. The maximum absolute atomic E-state index is 9.16. The number of nitrogens with zero attached hydrogens (tertiary/aromatic N) is 3. The smallest absolute Gasteiger partial charge is 0.0815 e. The number of hydrogen-bond donors (Lipinski definition) is 0. The van der Waals surface area contributed by atoms with Crippen molar-refractivity contribution in [2.75, 3.05) is 0 Å². The van der Waals surface area contributed by atoms with E-state index in [2.05, 4.69) is 18.1 Å². The molecule has 0 bridgehead atoms. The average Bonchev–Trinajstić information content (AvgIpc) is 2.59. The van der Waals surface area contributed by atoms with E-state index in [0.717, 1.165) is 25.0 Å². The van der Waals surface area contributed by atoms with Gasteiger partial charge in [0.25, 0.3) is 0 Å². The Bertz CT molecular complexity index is 399. The topological polar surface area (TPSA) is 41.6 Å². The van der Waals surface area contributed by atoms with Crippen molar-refractivity contribution >= 4 is 11.6 Å². The molecule has 0 radical (unpaired) electrons. The van der Waals surface area contributed by atoms with Crippen molar-refractivity contribution in [3.63, 3.8) is 0 Å². The van der Waals surface area contributed by atoms with Gasteiger partial charge in [-0.2, -0.15) is 10.4 Å². The van der Waals surface area contributed by atoms with Gasteiger partial charge in [0, 0.05) is 6.20 Å². The number of halogens is 1. The van der Waals surface area contributed by atoms with Gasteiger partial charge in [-0.1, -0.05) is 18.5 Å². The quantitative estimate of drug-likeness (QED) is 0.752. The Labute approximate surface area is 101 Å². The van der Waals surface area contributed by atoms with Crippen molar-refractivity contribution in [2.24, 2.45) is 11.8 Å². The summed E-state index contributed by atoms with van der Waals surface area (Å²) >= 11 is 6.01. The maximum atomic E-state index is 9.16. The zero-order chi connectivity index (χ0) is 11.7. The number of rotatable bonds is 1. The molecular weight excluding hydrogens is 222 g/mol. The van der Waals surface area contributed by atoms with Gasteiger partial charge in [0.05, 0.1) is 28.7 Å². The lowest BCUT2D eigenvalue weighted by Gasteiger charge is -2.31. The van der Waals surface area contributed by atoms with Gasteiger partial charge in [-0.05, 0) is 32.1 Å². The second kappa shape index (κ2) is 4.47. The summed E-state index contributed by atoms with van der Waals surface area (Å²) in [6.45, 7) is 4.13. The predicted octanol–water partition coefficient (Wildman–Crippen LogP) is 3.35. The highest BCUT2D eigenvalue weighted by Crippen LogP contribution is 2.37. The predicted molar refractivity (Wildman–Crippen MR) is 63.1 cm³/mol. The van der Waals surface area contributed by atoms with Crippen LogP contribution in [0.25, 0.3) is 0 Å². The summed E-state index contributed by atoms with van der Waals surface area (Å²) in [6, 6.07) is 2.59. The number of aryl methyl sites for hydroxylation is 1. The average molecular weight is 238 g/mol. The van der Waals surface area contributed by atoms with Gasteiger partial charge in [0.2, 0.25) is 0 Å². The van der Waals surface area contributed by atoms with E-state index < -0.39 is 0 Å². The summed E-state index contributed by atoms with van der Waals surface area (Å²) in [4.78, 5) is 0. The van der Waals surface area contributed by atoms with E-state index in [-0.39, 0.29) is 12.0 Å². The summed E-state index contributed by atoms with van der Waals surface area (Å²) in [6.07, 6.45) is 4.99. The normalized spacial score (nSPS) is 30.0. The molecule has 16 heavy (non-hydrogen) atoms.